The molecular formula is C14H11BrFIO. The summed E-state index contributed by atoms with van der Waals surface area (Å²) in [7, 11) is 0. The van der Waals surface area contributed by atoms with Crippen LogP contribution in [0.15, 0.2) is 46.9 Å². The van der Waals surface area contributed by atoms with Crippen molar-refractivity contribution in [1.82, 2.24) is 0 Å². The van der Waals surface area contributed by atoms with Crippen molar-refractivity contribution in [2.45, 2.75) is 12.5 Å². The maximum Gasteiger partial charge on any atom is 0.129 e. The molecule has 1 N–H and O–H groups in total. The highest BCUT2D eigenvalue weighted by atomic mass is 127. The van der Waals surface area contributed by atoms with Gasteiger partial charge in [-0.3, -0.25) is 0 Å². The Kier molecular flexibility index (Phi) is 4.08. The zero-order valence-corrected chi connectivity index (χ0v) is 13.4. The van der Waals surface area contributed by atoms with Gasteiger partial charge in [-0.15, -0.1) is 0 Å². The molecule has 2 aromatic rings. The molecule has 1 nitrogen and oxygen atoms in total. The van der Waals surface area contributed by atoms with Gasteiger partial charge in [0.25, 0.3) is 0 Å². The minimum atomic E-state index is -1.35. The molecule has 4 heteroatoms. The van der Waals surface area contributed by atoms with Gasteiger partial charge in [0, 0.05) is 13.6 Å². The van der Waals surface area contributed by atoms with Crippen LogP contribution in [-0.2, 0) is 5.60 Å². The maximum absolute atomic E-state index is 13.8. The molecule has 0 aromatic heterocycles. The summed E-state index contributed by atoms with van der Waals surface area (Å²) in [5.41, 5.74) is -0.420. The van der Waals surface area contributed by atoms with Crippen LogP contribution < -0.4 is 0 Å². The maximum atomic E-state index is 13.8. The first-order valence-corrected chi connectivity index (χ1v) is 7.22. The fraction of sp³-hybridized carbons (Fsp3) is 0.143. The molecule has 0 amide bonds. The van der Waals surface area contributed by atoms with E-state index in [0.717, 1.165) is 8.04 Å². The Morgan fingerprint density at radius 3 is 2.39 bits per heavy atom. The largest absolute Gasteiger partial charge is 0.381 e. The predicted molar refractivity (Wildman–Crippen MR) is 81.9 cm³/mol. The molecule has 0 aliphatic carbocycles. The van der Waals surface area contributed by atoms with Crippen molar-refractivity contribution in [1.29, 1.82) is 0 Å². The lowest BCUT2D eigenvalue weighted by Crippen LogP contribution is -2.24. The van der Waals surface area contributed by atoms with Crippen LogP contribution in [0.5, 0.6) is 0 Å². The minimum Gasteiger partial charge on any atom is -0.381 e. The summed E-state index contributed by atoms with van der Waals surface area (Å²) in [6.45, 7) is 1.60. The van der Waals surface area contributed by atoms with Crippen molar-refractivity contribution in [3.63, 3.8) is 0 Å². The second-order valence-corrected chi connectivity index (χ2v) is 6.36. The molecule has 1 unspecified atom stereocenters. The third kappa shape index (κ3) is 2.75. The van der Waals surface area contributed by atoms with Crippen molar-refractivity contribution in [2.24, 2.45) is 0 Å². The van der Waals surface area contributed by atoms with Gasteiger partial charge in [0.1, 0.15) is 11.4 Å². The molecule has 0 radical (unpaired) electrons. The molecule has 1 atom stereocenters. The normalized spacial score (nSPS) is 14.3. The van der Waals surface area contributed by atoms with Crippen molar-refractivity contribution < 1.29 is 9.50 Å². The number of benzene rings is 2. The molecular weight excluding hydrogens is 410 g/mol. The van der Waals surface area contributed by atoms with E-state index in [9.17, 15) is 9.50 Å². The van der Waals surface area contributed by atoms with Crippen LogP contribution in [0.4, 0.5) is 4.39 Å². The van der Waals surface area contributed by atoms with Crippen molar-refractivity contribution >= 4 is 38.5 Å². The molecule has 0 saturated heterocycles. The van der Waals surface area contributed by atoms with Crippen LogP contribution in [0, 0.1) is 9.39 Å². The Morgan fingerprint density at radius 2 is 1.78 bits per heavy atom. The first kappa shape index (κ1) is 14.0. The molecule has 2 rings (SSSR count). The summed E-state index contributed by atoms with van der Waals surface area (Å²) in [6, 6.07) is 12.0. The van der Waals surface area contributed by atoms with Crippen molar-refractivity contribution in [3.05, 3.63) is 67.5 Å². The van der Waals surface area contributed by atoms with E-state index in [4.69, 9.17) is 0 Å². The lowest BCUT2D eigenvalue weighted by molar-refractivity contribution is 0.0979. The van der Waals surface area contributed by atoms with Crippen LogP contribution in [0.3, 0.4) is 0 Å². The Morgan fingerprint density at radius 1 is 1.17 bits per heavy atom. The Hall–Kier alpha value is -0.460. The highest BCUT2D eigenvalue weighted by Gasteiger charge is 2.28. The standard InChI is InChI=1S/C14H11BrFIO/c1-14(18,9-2-5-11(17)6-3-9)12-8-10(15)4-7-13(12)16/h2-8,18H,1H3. The lowest BCUT2D eigenvalue weighted by atomic mass is 9.88. The van der Waals surface area contributed by atoms with Crippen LogP contribution in [0.2, 0.25) is 0 Å². The van der Waals surface area contributed by atoms with Gasteiger partial charge in [-0.25, -0.2) is 4.39 Å². The van der Waals surface area contributed by atoms with Crippen LogP contribution >= 0.6 is 38.5 Å². The molecule has 18 heavy (non-hydrogen) atoms. The minimum absolute atomic E-state index is 0.262. The van der Waals surface area contributed by atoms with Gasteiger partial charge < -0.3 is 5.11 Å². The lowest BCUT2D eigenvalue weighted by Gasteiger charge is -2.25. The summed E-state index contributed by atoms with van der Waals surface area (Å²) in [5, 5.41) is 10.6. The van der Waals surface area contributed by atoms with E-state index in [-0.39, 0.29) is 5.56 Å². The summed E-state index contributed by atoms with van der Waals surface area (Å²) in [6.07, 6.45) is 0. The molecule has 0 bridgehead atoms. The summed E-state index contributed by atoms with van der Waals surface area (Å²) < 4.78 is 15.7. The van der Waals surface area contributed by atoms with E-state index in [1.54, 1.807) is 19.1 Å². The first-order chi connectivity index (χ1) is 8.41. The van der Waals surface area contributed by atoms with Crippen molar-refractivity contribution in [2.75, 3.05) is 0 Å². The number of hydrogen-bond acceptors (Lipinski definition) is 1. The summed E-state index contributed by atoms with van der Waals surface area (Å²) in [5.74, 6) is -0.415. The monoisotopic (exact) mass is 420 g/mol. The van der Waals surface area contributed by atoms with E-state index in [0.29, 0.717) is 5.56 Å². The average molecular weight is 421 g/mol. The van der Waals surface area contributed by atoms with Gasteiger partial charge in [-0.2, -0.15) is 0 Å². The second-order valence-electron chi connectivity index (χ2n) is 4.20. The first-order valence-electron chi connectivity index (χ1n) is 5.35. The SMILES string of the molecule is CC(O)(c1ccc(I)cc1)c1cc(Br)ccc1F. The van der Waals surface area contributed by atoms with E-state index < -0.39 is 11.4 Å². The van der Waals surface area contributed by atoms with E-state index >= 15 is 0 Å². The fourth-order valence-electron chi connectivity index (χ4n) is 1.80. The molecule has 0 aliphatic heterocycles. The van der Waals surface area contributed by atoms with Gasteiger partial charge in [-0.1, -0.05) is 28.1 Å². The van der Waals surface area contributed by atoms with Gasteiger partial charge in [0.05, 0.1) is 0 Å². The fourth-order valence-corrected chi connectivity index (χ4v) is 2.52. The zero-order chi connectivity index (χ0) is 13.3. The van der Waals surface area contributed by atoms with Gasteiger partial charge >= 0.3 is 0 Å². The third-order valence-electron chi connectivity index (χ3n) is 2.86. The highest BCUT2D eigenvalue weighted by Crippen LogP contribution is 2.32. The molecule has 0 saturated carbocycles. The summed E-state index contributed by atoms with van der Waals surface area (Å²) >= 11 is 5.48. The van der Waals surface area contributed by atoms with Gasteiger partial charge in [-0.05, 0) is 65.4 Å². The zero-order valence-electron chi connectivity index (χ0n) is 9.62. The smallest absolute Gasteiger partial charge is 0.129 e. The second kappa shape index (κ2) is 5.27. The number of hydrogen-bond donors (Lipinski definition) is 1. The van der Waals surface area contributed by atoms with E-state index in [2.05, 4.69) is 38.5 Å². The molecule has 2 aromatic carbocycles. The molecule has 0 fully saturated rings. The van der Waals surface area contributed by atoms with Crippen LogP contribution in [0.1, 0.15) is 18.1 Å². The molecule has 94 valence electrons. The van der Waals surface area contributed by atoms with Gasteiger partial charge in [0.15, 0.2) is 0 Å². The average Bonchev–Trinajstić information content (AvgIpc) is 2.32. The Labute approximate surface area is 127 Å². The van der Waals surface area contributed by atoms with Crippen molar-refractivity contribution in [3.8, 4) is 0 Å². The van der Waals surface area contributed by atoms with Gasteiger partial charge in [0.2, 0.25) is 0 Å². The van der Waals surface area contributed by atoms with Crippen LogP contribution in [-0.4, -0.2) is 5.11 Å². The van der Waals surface area contributed by atoms with E-state index in [1.807, 2.05) is 24.3 Å². The molecule has 0 aliphatic rings. The summed E-state index contributed by atoms with van der Waals surface area (Å²) in [4.78, 5) is 0. The quantitative estimate of drug-likeness (QED) is 0.711. The highest BCUT2D eigenvalue weighted by molar-refractivity contribution is 14.1. The Bertz CT molecular complexity index is 567. The topological polar surface area (TPSA) is 20.2 Å². The number of aliphatic hydroxyl groups is 1. The predicted octanol–water partition coefficient (Wildman–Crippen LogP) is 4.45. The third-order valence-corrected chi connectivity index (χ3v) is 4.07. The number of rotatable bonds is 2. The Balaban J connectivity index is 2.53. The molecule has 0 spiro atoms. The van der Waals surface area contributed by atoms with E-state index in [1.165, 1.54) is 6.07 Å². The number of halogens is 3. The van der Waals surface area contributed by atoms with Crippen LogP contribution in [0.25, 0.3) is 0 Å². The molecule has 0 heterocycles.